The summed E-state index contributed by atoms with van der Waals surface area (Å²) in [6, 6.07) is 0.286. The molecule has 88 valence electrons. The second kappa shape index (κ2) is 5.21. The van der Waals surface area contributed by atoms with E-state index in [0.29, 0.717) is 11.9 Å². The molecule has 5 heteroatoms. The minimum atomic E-state index is -0.413. The lowest BCUT2D eigenvalue weighted by atomic mass is 9.93. The van der Waals surface area contributed by atoms with Crippen molar-refractivity contribution in [1.82, 2.24) is 9.97 Å². The molecular weight excluding hydrogens is 209 g/mol. The van der Waals surface area contributed by atoms with Crippen LogP contribution in [0.25, 0.3) is 0 Å². The van der Waals surface area contributed by atoms with Gasteiger partial charge in [0.15, 0.2) is 5.82 Å². The van der Waals surface area contributed by atoms with Gasteiger partial charge in [-0.3, -0.25) is 0 Å². The van der Waals surface area contributed by atoms with Crippen molar-refractivity contribution in [3.8, 4) is 0 Å². The molecule has 4 nitrogen and oxygen atoms in total. The molecule has 0 radical (unpaired) electrons. The van der Waals surface area contributed by atoms with Crippen LogP contribution in [-0.2, 0) is 4.74 Å². The summed E-state index contributed by atoms with van der Waals surface area (Å²) in [5.41, 5.74) is 0. The maximum atomic E-state index is 12.6. The fraction of sp³-hybridized carbons (Fsp3) is 0.636. The summed E-state index contributed by atoms with van der Waals surface area (Å²) in [7, 11) is 0. The van der Waals surface area contributed by atoms with Gasteiger partial charge in [-0.05, 0) is 25.7 Å². The molecule has 1 saturated heterocycles. The lowest BCUT2D eigenvalue weighted by Crippen LogP contribution is -2.31. The molecule has 1 aliphatic heterocycles. The van der Waals surface area contributed by atoms with Crippen LogP contribution in [0.15, 0.2) is 12.4 Å². The summed E-state index contributed by atoms with van der Waals surface area (Å²) >= 11 is 0. The van der Waals surface area contributed by atoms with Gasteiger partial charge in [-0.1, -0.05) is 0 Å². The fourth-order valence-corrected chi connectivity index (χ4v) is 1.92. The maximum Gasteiger partial charge on any atom is 0.222 e. The Kier molecular flexibility index (Phi) is 3.66. The molecule has 2 rings (SSSR count). The highest BCUT2D eigenvalue weighted by Gasteiger charge is 2.20. The first-order chi connectivity index (χ1) is 7.75. The fourth-order valence-electron chi connectivity index (χ4n) is 1.92. The van der Waals surface area contributed by atoms with Gasteiger partial charge in [-0.25, -0.2) is 14.4 Å². The molecule has 1 aromatic rings. The molecule has 2 heterocycles. The van der Waals surface area contributed by atoms with Crippen molar-refractivity contribution < 1.29 is 9.13 Å². The van der Waals surface area contributed by atoms with Crippen LogP contribution in [0.3, 0.4) is 0 Å². The molecule has 1 atom stereocenters. The zero-order valence-electron chi connectivity index (χ0n) is 9.32. The van der Waals surface area contributed by atoms with Gasteiger partial charge in [0, 0.05) is 19.3 Å². The second-order valence-electron chi connectivity index (χ2n) is 4.11. The summed E-state index contributed by atoms with van der Waals surface area (Å²) in [4.78, 5) is 7.77. The maximum absolute atomic E-state index is 12.6. The molecule has 1 unspecified atom stereocenters. The van der Waals surface area contributed by atoms with E-state index in [9.17, 15) is 4.39 Å². The smallest absolute Gasteiger partial charge is 0.222 e. The van der Waals surface area contributed by atoms with Crippen LogP contribution in [-0.4, -0.2) is 29.2 Å². The van der Waals surface area contributed by atoms with Crippen LogP contribution >= 0.6 is 0 Å². The lowest BCUT2D eigenvalue weighted by molar-refractivity contribution is 0.0621. The number of hydrogen-bond acceptors (Lipinski definition) is 4. The van der Waals surface area contributed by atoms with Crippen molar-refractivity contribution in [2.75, 3.05) is 18.5 Å². The third-order valence-electron chi connectivity index (χ3n) is 2.95. The molecule has 1 aliphatic rings. The molecule has 16 heavy (non-hydrogen) atoms. The van der Waals surface area contributed by atoms with Gasteiger partial charge < -0.3 is 10.1 Å². The molecule has 0 spiro atoms. The van der Waals surface area contributed by atoms with E-state index in [1.165, 1.54) is 12.4 Å². The minimum absolute atomic E-state index is 0.286. The van der Waals surface area contributed by atoms with E-state index in [4.69, 9.17) is 4.74 Å². The van der Waals surface area contributed by atoms with E-state index >= 15 is 0 Å². The number of anilines is 1. The van der Waals surface area contributed by atoms with Crippen LogP contribution in [0.2, 0.25) is 0 Å². The van der Waals surface area contributed by atoms with E-state index in [1.54, 1.807) is 0 Å². The van der Waals surface area contributed by atoms with Gasteiger partial charge in [-0.2, -0.15) is 0 Å². The number of ether oxygens (including phenoxy) is 1. The molecule has 0 amide bonds. The first-order valence-corrected chi connectivity index (χ1v) is 5.57. The van der Waals surface area contributed by atoms with Gasteiger partial charge in [0.1, 0.15) is 0 Å². The van der Waals surface area contributed by atoms with E-state index in [0.717, 1.165) is 26.1 Å². The number of hydrogen-bond donors (Lipinski definition) is 1. The Balaban J connectivity index is 1.90. The highest BCUT2D eigenvalue weighted by Crippen LogP contribution is 2.20. The number of aromatic nitrogens is 2. The first kappa shape index (κ1) is 11.3. The van der Waals surface area contributed by atoms with Crippen LogP contribution in [0.4, 0.5) is 10.3 Å². The number of nitrogens with zero attached hydrogens (tertiary/aromatic N) is 2. The van der Waals surface area contributed by atoms with Crippen molar-refractivity contribution in [2.24, 2.45) is 5.92 Å². The first-order valence-electron chi connectivity index (χ1n) is 5.57. The van der Waals surface area contributed by atoms with Crippen LogP contribution < -0.4 is 5.32 Å². The Bertz CT molecular complexity index is 325. The Morgan fingerprint density at radius 3 is 2.62 bits per heavy atom. The summed E-state index contributed by atoms with van der Waals surface area (Å²) in [6.45, 7) is 3.74. The van der Waals surface area contributed by atoms with Crippen molar-refractivity contribution in [3.05, 3.63) is 18.2 Å². The molecule has 0 bridgehead atoms. The summed E-state index contributed by atoms with van der Waals surface area (Å²) in [5, 5.41) is 3.19. The quantitative estimate of drug-likeness (QED) is 0.852. The van der Waals surface area contributed by atoms with E-state index in [2.05, 4.69) is 22.2 Å². The number of halogens is 1. The molecule has 1 aromatic heterocycles. The Labute approximate surface area is 94.2 Å². The molecule has 0 aliphatic carbocycles. The normalized spacial score (nSPS) is 19.4. The molecule has 0 saturated carbocycles. The third-order valence-corrected chi connectivity index (χ3v) is 2.95. The molecular formula is C11H16FN3O. The molecule has 1 fully saturated rings. The van der Waals surface area contributed by atoms with E-state index in [-0.39, 0.29) is 6.04 Å². The summed E-state index contributed by atoms with van der Waals surface area (Å²) in [5.74, 6) is 0.645. The van der Waals surface area contributed by atoms with Crippen molar-refractivity contribution in [1.29, 1.82) is 0 Å². The van der Waals surface area contributed by atoms with Crippen molar-refractivity contribution in [3.63, 3.8) is 0 Å². The largest absolute Gasteiger partial charge is 0.381 e. The van der Waals surface area contributed by atoms with Gasteiger partial charge >= 0.3 is 0 Å². The topological polar surface area (TPSA) is 47.0 Å². The molecule has 0 aromatic carbocycles. The summed E-state index contributed by atoms with van der Waals surface area (Å²) < 4.78 is 17.9. The van der Waals surface area contributed by atoms with Gasteiger partial charge in [0.2, 0.25) is 5.95 Å². The monoisotopic (exact) mass is 225 g/mol. The van der Waals surface area contributed by atoms with Crippen LogP contribution in [0, 0.1) is 11.7 Å². The van der Waals surface area contributed by atoms with E-state index < -0.39 is 5.82 Å². The van der Waals surface area contributed by atoms with Crippen LogP contribution in [0.1, 0.15) is 19.8 Å². The Morgan fingerprint density at radius 2 is 2.00 bits per heavy atom. The highest BCUT2D eigenvalue weighted by molar-refractivity contribution is 5.24. The highest BCUT2D eigenvalue weighted by atomic mass is 19.1. The minimum Gasteiger partial charge on any atom is -0.381 e. The standard InChI is InChI=1S/C11H16FN3O/c1-8(9-2-4-16-5-3-9)15-11-13-6-10(12)7-14-11/h6-9H,2-5H2,1H3,(H,13,14,15). The van der Waals surface area contributed by atoms with Crippen LogP contribution in [0.5, 0.6) is 0 Å². The second-order valence-corrected chi connectivity index (χ2v) is 4.11. The van der Waals surface area contributed by atoms with E-state index in [1.807, 2.05) is 0 Å². The Hall–Kier alpha value is -1.23. The third kappa shape index (κ3) is 2.88. The summed E-state index contributed by atoms with van der Waals surface area (Å²) in [6.07, 6.45) is 4.45. The Morgan fingerprint density at radius 1 is 1.38 bits per heavy atom. The van der Waals surface area contributed by atoms with Gasteiger partial charge in [0.25, 0.3) is 0 Å². The van der Waals surface area contributed by atoms with Crippen molar-refractivity contribution in [2.45, 2.75) is 25.8 Å². The van der Waals surface area contributed by atoms with Gasteiger partial charge in [-0.15, -0.1) is 0 Å². The zero-order chi connectivity index (χ0) is 11.4. The van der Waals surface area contributed by atoms with Crippen molar-refractivity contribution >= 4 is 5.95 Å². The zero-order valence-corrected chi connectivity index (χ0v) is 9.32. The average molecular weight is 225 g/mol. The predicted octanol–water partition coefficient (Wildman–Crippen LogP) is 1.84. The van der Waals surface area contributed by atoms with Gasteiger partial charge in [0.05, 0.1) is 12.4 Å². The molecule has 1 N–H and O–H groups in total. The average Bonchev–Trinajstić information content (AvgIpc) is 2.33. The number of nitrogens with one attached hydrogen (secondary N) is 1. The lowest BCUT2D eigenvalue weighted by Gasteiger charge is -2.28. The number of rotatable bonds is 3. The SMILES string of the molecule is CC(Nc1ncc(F)cn1)C1CCOCC1. The predicted molar refractivity (Wildman–Crippen MR) is 58.6 cm³/mol.